The lowest BCUT2D eigenvalue weighted by Gasteiger charge is -2.31. The largest absolute Gasteiger partial charge is 0.444 e. The maximum Gasteiger partial charge on any atom is 0.410 e. The average Bonchev–Trinajstić information content (AvgIpc) is 2.50. The van der Waals surface area contributed by atoms with Crippen molar-refractivity contribution in [1.82, 2.24) is 9.88 Å². The number of nitrogens with zero attached hydrogens (tertiary/aromatic N) is 3. The highest BCUT2D eigenvalue weighted by Crippen LogP contribution is 2.22. The van der Waals surface area contributed by atoms with Crippen LogP contribution < -0.4 is 4.90 Å². The first-order valence-electron chi connectivity index (χ1n) is 7.58. The van der Waals surface area contributed by atoms with Crippen LogP contribution in [0.3, 0.4) is 0 Å². The van der Waals surface area contributed by atoms with Crippen molar-refractivity contribution < 1.29 is 14.3 Å². The summed E-state index contributed by atoms with van der Waals surface area (Å²) in [5.41, 5.74) is 1.36. The van der Waals surface area contributed by atoms with Gasteiger partial charge in [-0.15, -0.1) is 0 Å². The van der Waals surface area contributed by atoms with Crippen molar-refractivity contribution in [2.24, 2.45) is 0 Å². The summed E-state index contributed by atoms with van der Waals surface area (Å²) >= 11 is 0. The summed E-state index contributed by atoms with van der Waals surface area (Å²) < 4.78 is 5.41. The van der Waals surface area contributed by atoms with E-state index in [1.54, 1.807) is 11.9 Å². The fourth-order valence-electron chi connectivity index (χ4n) is 2.32. The predicted octanol–water partition coefficient (Wildman–Crippen LogP) is 2.52. The van der Waals surface area contributed by atoms with Crippen LogP contribution in [-0.4, -0.2) is 41.1 Å². The monoisotopic (exact) mass is 317 g/mol. The smallest absolute Gasteiger partial charge is 0.410 e. The number of ether oxygens (including phenoxy) is 1. The van der Waals surface area contributed by atoms with E-state index in [2.05, 4.69) is 11.6 Å². The molecule has 6 heteroatoms. The Labute approximate surface area is 136 Å². The lowest BCUT2D eigenvalue weighted by Crippen LogP contribution is -2.40. The molecule has 2 heterocycles. The maximum absolute atomic E-state index is 12.2. The van der Waals surface area contributed by atoms with Crippen molar-refractivity contribution in [3.8, 4) is 0 Å². The number of likely N-dealkylation sites (N-methyl/N-ethyl adjacent to an activating group) is 1. The first kappa shape index (κ1) is 17.0. The van der Waals surface area contributed by atoms with Gasteiger partial charge in [0.1, 0.15) is 11.4 Å². The number of anilines is 1. The van der Waals surface area contributed by atoms with E-state index in [0.29, 0.717) is 18.9 Å². The maximum atomic E-state index is 12.2. The molecule has 0 saturated carbocycles. The van der Waals surface area contributed by atoms with Crippen molar-refractivity contribution in [2.45, 2.75) is 39.3 Å². The highest BCUT2D eigenvalue weighted by molar-refractivity contribution is 5.99. The number of carbonyl (C=O) groups excluding carboxylic acids is 2. The minimum atomic E-state index is -0.525. The molecular formula is C17H23N3O3. The normalized spacial score (nSPS) is 14.0. The van der Waals surface area contributed by atoms with E-state index in [0.717, 1.165) is 17.7 Å². The van der Waals surface area contributed by atoms with Crippen LogP contribution in [0, 0.1) is 0 Å². The Balaban J connectivity index is 2.17. The molecule has 0 aliphatic carbocycles. The van der Waals surface area contributed by atoms with Gasteiger partial charge >= 0.3 is 6.09 Å². The van der Waals surface area contributed by atoms with E-state index in [-0.39, 0.29) is 12.0 Å². The van der Waals surface area contributed by atoms with Gasteiger partial charge in [-0.05, 0) is 44.9 Å². The summed E-state index contributed by atoms with van der Waals surface area (Å²) in [5.74, 6) is 0.317. The molecule has 0 saturated heterocycles. The van der Waals surface area contributed by atoms with E-state index >= 15 is 0 Å². The summed E-state index contributed by atoms with van der Waals surface area (Å²) in [4.78, 5) is 31.5. The molecule has 1 aromatic rings. The van der Waals surface area contributed by atoms with Crippen LogP contribution in [0.25, 0.3) is 0 Å². The van der Waals surface area contributed by atoms with Crippen molar-refractivity contribution in [1.29, 1.82) is 0 Å². The molecule has 6 nitrogen and oxygen atoms in total. The van der Waals surface area contributed by atoms with E-state index in [4.69, 9.17) is 4.74 Å². The van der Waals surface area contributed by atoms with Crippen LogP contribution in [0.2, 0.25) is 0 Å². The number of hydrogen-bond acceptors (Lipinski definition) is 4. The van der Waals surface area contributed by atoms with Crippen LogP contribution in [-0.2, 0) is 22.5 Å². The Morgan fingerprint density at radius 2 is 2.09 bits per heavy atom. The molecule has 0 N–H and O–H groups in total. The molecule has 0 radical (unpaired) electrons. The van der Waals surface area contributed by atoms with Crippen molar-refractivity contribution in [2.75, 3.05) is 18.5 Å². The van der Waals surface area contributed by atoms with Gasteiger partial charge in [0.05, 0.1) is 12.2 Å². The zero-order chi connectivity index (χ0) is 17.2. The zero-order valence-corrected chi connectivity index (χ0v) is 14.1. The quantitative estimate of drug-likeness (QED) is 0.786. The Hall–Kier alpha value is -2.37. The minimum Gasteiger partial charge on any atom is -0.444 e. The molecular weight excluding hydrogens is 294 g/mol. The molecule has 23 heavy (non-hydrogen) atoms. The number of pyridine rings is 1. The van der Waals surface area contributed by atoms with Gasteiger partial charge in [0, 0.05) is 13.6 Å². The Morgan fingerprint density at radius 3 is 2.70 bits per heavy atom. The fourth-order valence-corrected chi connectivity index (χ4v) is 2.32. The first-order valence-corrected chi connectivity index (χ1v) is 7.58. The zero-order valence-electron chi connectivity index (χ0n) is 14.1. The summed E-state index contributed by atoms with van der Waals surface area (Å²) in [6.07, 6.45) is 1.63. The standard InChI is InChI=1S/C17H23N3O3/c1-6-15(21)19(5)14-8-7-12-9-10-20(11-13(12)18-14)16(22)23-17(2,3)4/h6-8H,1,9-11H2,2-5H3. The second kappa shape index (κ2) is 6.40. The lowest BCUT2D eigenvalue weighted by atomic mass is 10.1. The Bertz CT molecular complexity index is 634. The number of aromatic nitrogens is 1. The van der Waals surface area contributed by atoms with E-state index in [9.17, 15) is 9.59 Å². The molecule has 0 fully saturated rings. The summed E-state index contributed by atoms with van der Waals surface area (Å²) in [7, 11) is 1.65. The molecule has 1 aliphatic heterocycles. The van der Waals surface area contributed by atoms with Crippen LogP contribution in [0.1, 0.15) is 32.0 Å². The first-order chi connectivity index (χ1) is 10.7. The number of amides is 2. The second-order valence-electron chi connectivity index (χ2n) is 6.53. The summed E-state index contributed by atoms with van der Waals surface area (Å²) in [6, 6.07) is 3.76. The van der Waals surface area contributed by atoms with Crippen LogP contribution >= 0.6 is 0 Å². The lowest BCUT2D eigenvalue weighted by molar-refractivity contribution is -0.113. The molecule has 2 rings (SSSR count). The van der Waals surface area contributed by atoms with Gasteiger partial charge in [-0.3, -0.25) is 9.69 Å². The Kier molecular flexibility index (Phi) is 4.73. The highest BCUT2D eigenvalue weighted by atomic mass is 16.6. The molecule has 1 aromatic heterocycles. The predicted molar refractivity (Wildman–Crippen MR) is 88.2 cm³/mol. The van der Waals surface area contributed by atoms with E-state index in [1.807, 2.05) is 32.9 Å². The molecule has 0 atom stereocenters. The molecule has 124 valence electrons. The van der Waals surface area contributed by atoms with E-state index in [1.165, 1.54) is 11.0 Å². The van der Waals surface area contributed by atoms with Crippen LogP contribution in [0.15, 0.2) is 24.8 Å². The third-order valence-electron chi connectivity index (χ3n) is 3.55. The molecule has 2 amide bonds. The molecule has 0 bridgehead atoms. The third kappa shape index (κ3) is 4.09. The summed E-state index contributed by atoms with van der Waals surface area (Å²) in [5, 5.41) is 0. The van der Waals surface area contributed by atoms with Gasteiger partial charge in [0.25, 0.3) is 5.91 Å². The number of fused-ring (bicyclic) bond motifs is 1. The minimum absolute atomic E-state index is 0.225. The number of rotatable bonds is 2. The third-order valence-corrected chi connectivity index (χ3v) is 3.55. The molecule has 0 unspecified atom stereocenters. The van der Waals surface area contributed by atoms with Crippen LogP contribution in [0.5, 0.6) is 0 Å². The SMILES string of the molecule is C=CC(=O)N(C)c1ccc2c(n1)CN(C(=O)OC(C)(C)C)CC2. The average molecular weight is 317 g/mol. The van der Waals surface area contributed by atoms with E-state index < -0.39 is 5.60 Å². The van der Waals surface area contributed by atoms with Gasteiger partial charge in [0.2, 0.25) is 0 Å². The van der Waals surface area contributed by atoms with Crippen molar-refractivity contribution in [3.05, 3.63) is 36.0 Å². The second-order valence-corrected chi connectivity index (χ2v) is 6.53. The molecule has 1 aliphatic rings. The molecule has 0 aromatic carbocycles. The van der Waals surface area contributed by atoms with Crippen molar-refractivity contribution in [3.63, 3.8) is 0 Å². The molecule has 0 spiro atoms. The highest BCUT2D eigenvalue weighted by Gasteiger charge is 2.26. The van der Waals surface area contributed by atoms with Gasteiger partial charge in [0.15, 0.2) is 0 Å². The summed E-state index contributed by atoms with van der Waals surface area (Å²) in [6.45, 7) is 9.99. The van der Waals surface area contributed by atoms with Crippen molar-refractivity contribution >= 4 is 17.8 Å². The Morgan fingerprint density at radius 1 is 1.39 bits per heavy atom. The number of hydrogen-bond donors (Lipinski definition) is 0. The number of carbonyl (C=O) groups is 2. The van der Waals surface area contributed by atoms with Gasteiger partial charge in [-0.1, -0.05) is 12.6 Å². The van der Waals surface area contributed by atoms with Gasteiger partial charge in [-0.25, -0.2) is 9.78 Å². The topological polar surface area (TPSA) is 62.7 Å². The fraction of sp³-hybridized carbons (Fsp3) is 0.471. The van der Waals surface area contributed by atoms with Gasteiger partial charge in [-0.2, -0.15) is 0 Å². The van der Waals surface area contributed by atoms with Gasteiger partial charge < -0.3 is 9.64 Å². The van der Waals surface area contributed by atoms with Crippen LogP contribution in [0.4, 0.5) is 10.6 Å².